The molecule has 2 aromatic rings. The molecule has 1 heterocycles. The third-order valence-electron chi connectivity index (χ3n) is 2.57. The predicted molar refractivity (Wildman–Crippen MR) is 70.5 cm³/mol. The molecule has 0 aliphatic carbocycles. The molecule has 2 N–H and O–H groups in total. The summed E-state index contributed by atoms with van der Waals surface area (Å²) in [4.78, 5) is 4.14. The Morgan fingerprint density at radius 3 is 2.89 bits per heavy atom. The first-order valence-corrected chi connectivity index (χ1v) is 5.77. The number of ether oxygens (including phenoxy) is 1. The van der Waals surface area contributed by atoms with Crippen LogP contribution in [0, 0.1) is 0 Å². The van der Waals surface area contributed by atoms with Crippen LogP contribution in [0.4, 0.5) is 5.82 Å². The van der Waals surface area contributed by atoms with Gasteiger partial charge in [0.15, 0.2) is 0 Å². The number of hydrogen-bond donors (Lipinski definition) is 2. The van der Waals surface area contributed by atoms with Gasteiger partial charge in [-0.2, -0.15) is 0 Å². The van der Waals surface area contributed by atoms with E-state index in [1.54, 1.807) is 6.20 Å². The van der Waals surface area contributed by atoms with Crippen LogP contribution >= 0.6 is 0 Å². The van der Waals surface area contributed by atoms with E-state index in [2.05, 4.69) is 10.3 Å². The van der Waals surface area contributed by atoms with Gasteiger partial charge in [0.05, 0.1) is 6.61 Å². The Bertz CT molecular complexity index is 467. The quantitative estimate of drug-likeness (QED) is 0.846. The lowest BCUT2D eigenvalue weighted by atomic mass is 10.2. The van der Waals surface area contributed by atoms with Gasteiger partial charge < -0.3 is 15.2 Å². The number of nitrogens with one attached hydrogen (secondary N) is 1. The topological polar surface area (TPSA) is 54.4 Å². The molecule has 0 bridgehead atoms. The van der Waals surface area contributed by atoms with Crippen LogP contribution in [0.5, 0.6) is 5.75 Å². The molecule has 0 unspecified atom stereocenters. The summed E-state index contributed by atoms with van der Waals surface area (Å²) in [6, 6.07) is 11.3. The Morgan fingerprint density at radius 2 is 2.11 bits per heavy atom. The maximum atomic E-state index is 9.04. The van der Waals surface area contributed by atoms with Crippen molar-refractivity contribution in [2.75, 3.05) is 12.4 Å². The first kappa shape index (κ1) is 12.4. The number of aromatic nitrogens is 1. The van der Waals surface area contributed by atoms with Crippen molar-refractivity contribution in [3.8, 4) is 5.75 Å². The van der Waals surface area contributed by atoms with Crippen molar-refractivity contribution in [2.24, 2.45) is 0 Å². The Hall–Kier alpha value is -2.07. The van der Waals surface area contributed by atoms with E-state index in [9.17, 15) is 0 Å². The van der Waals surface area contributed by atoms with Crippen LogP contribution in [0.3, 0.4) is 0 Å². The fourth-order valence-electron chi connectivity index (χ4n) is 1.60. The van der Waals surface area contributed by atoms with Crippen molar-refractivity contribution in [1.82, 2.24) is 4.98 Å². The van der Waals surface area contributed by atoms with Crippen LogP contribution in [-0.2, 0) is 13.2 Å². The molecule has 2 rings (SSSR count). The van der Waals surface area contributed by atoms with Crippen molar-refractivity contribution < 1.29 is 9.84 Å². The highest BCUT2D eigenvalue weighted by Crippen LogP contribution is 2.15. The second-order valence-electron chi connectivity index (χ2n) is 3.89. The van der Waals surface area contributed by atoms with E-state index in [-0.39, 0.29) is 6.61 Å². The molecule has 0 aliphatic rings. The first-order valence-electron chi connectivity index (χ1n) is 5.77. The number of hydrogen-bond acceptors (Lipinski definition) is 4. The maximum absolute atomic E-state index is 9.04. The SMILES string of the molecule is CNc1cc(COc2cccc(CO)c2)ccn1. The van der Waals surface area contributed by atoms with E-state index in [4.69, 9.17) is 9.84 Å². The molecule has 0 saturated heterocycles. The molecule has 1 aromatic carbocycles. The van der Waals surface area contributed by atoms with E-state index < -0.39 is 0 Å². The van der Waals surface area contributed by atoms with Gasteiger partial charge in [-0.1, -0.05) is 12.1 Å². The largest absolute Gasteiger partial charge is 0.489 e. The van der Waals surface area contributed by atoms with Gasteiger partial charge in [-0.3, -0.25) is 0 Å². The zero-order valence-electron chi connectivity index (χ0n) is 10.3. The molecule has 0 atom stereocenters. The van der Waals surface area contributed by atoms with Gasteiger partial charge in [0.2, 0.25) is 0 Å². The van der Waals surface area contributed by atoms with Crippen LogP contribution in [0.25, 0.3) is 0 Å². The van der Waals surface area contributed by atoms with Crippen molar-refractivity contribution >= 4 is 5.82 Å². The normalized spacial score (nSPS) is 10.1. The summed E-state index contributed by atoms with van der Waals surface area (Å²) in [6.07, 6.45) is 1.74. The fourth-order valence-corrected chi connectivity index (χ4v) is 1.60. The Labute approximate surface area is 106 Å². The average molecular weight is 244 g/mol. The third kappa shape index (κ3) is 3.21. The van der Waals surface area contributed by atoms with Gasteiger partial charge in [-0.05, 0) is 35.4 Å². The van der Waals surface area contributed by atoms with Crippen LogP contribution in [0.15, 0.2) is 42.6 Å². The number of anilines is 1. The molecule has 0 fully saturated rings. The second kappa shape index (κ2) is 6.02. The third-order valence-corrected chi connectivity index (χ3v) is 2.57. The number of pyridine rings is 1. The number of rotatable bonds is 5. The Kier molecular flexibility index (Phi) is 4.15. The lowest BCUT2D eigenvalue weighted by Gasteiger charge is -2.08. The lowest BCUT2D eigenvalue weighted by Crippen LogP contribution is -1.98. The van der Waals surface area contributed by atoms with Gasteiger partial charge in [-0.15, -0.1) is 0 Å². The molecule has 94 valence electrons. The molecular formula is C14H16N2O2. The molecule has 0 aliphatic heterocycles. The minimum absolute atomic E-state index is 0.0242. The molecule has 4 heteroatoms. The second-order valence-corrected chi connectivity index (χ2v) is 3.89. The highest BCUT2D eigenvalue weighted by molar-refractivity contribution is 5.36. The molecule has 18 heavy (non-hydrogen) atoms. The van der Waals surface area contributed by atoms with Gasteiger partial charge in [0.25, 0.3) is 0 Å². The van der Waals surface area contributed by atoms with Gasteiger partial charge in [0.1, 0.15) is 18.2 Å². The monoisotopic (exact) mass is 244 g/mol. The van der Waals surface area contributed by atoms with Crippen LogP contribution in [-0.4, -0.2) is 17.1 Å². The Morgan fingerprint density at radius 1 is 1.22 bits per heavy atom. The number of nitrogens with zero attached hydrogens (tertiary/aromatic N) is 1. The molecule has 0 amide bonds. The summed E-state index contributed by atoms with van der Waals surface area (Å²) in [5, 5.41) is 12.0. The van der Waals surface area contributed by atoms with Crippen molar-refractivity contribution in [3.63, 3.8) is 0 Å². The molecule has 0 spiro atoms. The highest BCUT2D eigenvalue weighted by atomic mass is 16.5. The van der Waals surface area contributed by atoms with E-state index in [1.165, 1.54) is 0 Å². The van der Waals surface area contributed by atoms with Gasteiger partial charge in [0, 0.05) is 13.2 Å². The summed E-state index contributed by atoms with van der Waals surface area (Å²) >= 11 is 0. The molecule has 4 nitrogen and oxygen atoms in total. The maximum Gasteiger partial charge on any atom is 0.126 e. The van der Waals surface area contributed by atoms with Crippen molar-refractivity contribution in [1.29, 1.82) is 0 Å². The average Bonchev–Trinajstić information content (AvgIpc) is 2.45. The number of aliphatic hydroxyl groups is 1. The highest BCUT2D eigenvalue weighted by Gasteiger charge is 1.99. The fraction of sp³-hybridized carbons (Fsp3) is 0.214. The lowest BCUT2D eigenvalue weighted by molar-refractivity contribution is 0.278. The summed E-state index contributed by atoms with van der Waals surface area (Å²) < 4.78 is 5.67. The molecule has 0 saturated carbocycles. The van der Waals surface area contributed by atoms with E-state index in [1.807, 2.05) is 43.4 Å². The minimum atomic E-state index is 0.0242. The smallest absolute Gasteiger partial charge is 0.126 e. The van der Waals surface area contributed by atoms with E-state index >= 15 is 0 Å². The Balaban J connectivity index is 2.01. The molecule has 1 aromatic heterocycles. The molecule has 0 radical (unpaired) electrons. The number of benzene rings is 1. The molecular weight excluding hydrogens is 228 g/mol. The standard InChI is InChI=1S/C14H16N2O2/c1-15-14-8-12(5-6-16-14)10-18-13-4-2-3-11(7-13)9-17/h2-8,17H,9-10H2,1H3,(H,15,16). The van der Waals surface area contributed by atoms with Gasteiger partial charge >= 0.3 is 0 Å². The van der Waals surface area contributed by atoms with E-state index in [0.717, 1.165) is 22.7 Å². The van der Waals surface area contributed by atoms with Crippen molar-refractivity contribution in [2.45, 2.75) is 13.2 Å². The van der Waals surface area contributed by atoms with E-state index in [0.29, 0.717) is 6.61 Å². The van der Waals surface area contributed by atoms with Gasteiger partial charge in [-0.25, -0.2) is 4.98 Å². The van der Waals surface area contributed by atoms with Crippen LogP contribution in [0.2, 0.25) is 0 Å². The predicted octanol–water partition coefficient (Wildman–Crippen LogP) is 2.19. The number of aliphatic hydroxyl groups excluding tert-OH is 1. The van der Waals surface area contributed by atoms with Crippen molar-refractivity contribution in [3.05, 3.63) is 53.7 Å². The minimum Gasteiger partial charge on any atom is -0.489 e. The zero-order valence-corrected chi connectivity index (χ0v) is 10.3. The summed E-state index contributed by atoms with van der Waals surface area (Å²) in [5.74, 6) is 1.57. The summed E-state index contributed by atoms with van der Waals surface area (Å²) in [7, 11) is 1.83. The van der Waals surface area contributed by atoms with Crippen LogP contribution in [0.1, 0.15) is 11.1 Å². The summed E-state index contributed by atoms with van der Waals surface area (Å²) in [6.45, 7) is 0.502. The van der Waals surface area contributed by atoms with Crippen LogP contribution < -0.4 is 10.1 Å². The first-order chi connectivity index (χ1) is 8.81. The summed E-state index contributed by atoms with van der Waals surface area (Å²) in [5.41, 5.74) is 1.89. The zero-order chi connectivity index (χ0) is 12.8.